The van der Waals surface area contributed by atoms with Gasteiger partial charge in [0, 0.05) is 6.61 Å². The van der Waals surface area contributed by atoms with Crippen molar-refractivity contribution in [3.05, 3.63) is 0 Å². The van der Waals surface area contributed by atoms with Crippen molar-refractivity contribution in [1.29, 1.82) is 0 Å². The van der Waals surface area contributed by atoms with Crippen LogP contribution in [0.15, 0.2) is 0 Å². The molecule has 2 aliphatic carbocycles. The molecule has 1 N–H and O–H groups in total. The highest BCUT2D eigenvalue weighted by Crippen LogP contribution is 2.39. The van der Waals surface area contributed by atoms with Crippen molar-refractivity contribution in [3.63, 3.8) is 0 Å². The van der Waals surface area contributed by atoms with Crippen LogP contribution in [-0.2, 0) is 4.74 Å². The summed E-state index contributed by atoms with van der Waals surface area (Å²) >= 11 is 0. The second-order valence-corrected chi connectivity index (χ2v) is 5.50. The molecule has 0 heterocycles. The maximum atomic E-state index is 10.5. The number of hydrogen-bond donors (Lipinski definition) is 1. The highest BCUT2D eigenvalue weighted by Gasteiger charge is 2.39. The molecule has 2 fully saturated rings. The van der Waals surface area contributed by atoms with Gasteiger partial charge in [0.05, 0.1) is 12.2 Å². The lowest BCUT2D eigenvalue weighted by Crippen LogP contribution is -2.37. The van der Waals surface area contributed by atoms with E-state index in [2.05, 4.69) is 0 Å². The molecule has 0 amide bonds. The Morgan fingerprint density at radius 2 is 1.62 bits per heavy atom. The first-order valence-electron chi connectivity index (χ1n) is 7.12. The van der Waals surface area contributed by atoms with Gasteiger partial charge in [-0.05, 0) is 44.4 Å². The van der Waals surface area contributed by atoms with E-state index in [0.29, 0.717) is 11.8 Å². The molecule has 2 rings (SSSR count). The monoisotopic (exact) mass is 226 g/mol. The van der Waals surface area contributed by atoms with Gasteiger partial charge >= 0.3 is 0 Å². The second-order valence-electron chi connectivity index (χ2n) is 5.50. The summed E-state index contributed by atoms with van der Waals surface area (Å²) in [5.41, 5.74) is 0. The summed E-state index contributed by atoms with van der Waals surface area (Å²) < 4.78 is 5.77. The van der Waals surface area contributed by atoms with E-state index in [-0.39, 0.29) is 12.2 Å². The van der Waals surface area contributed by atoms with Crippen LogP contribution in [0.3, 0.4) is 0 Å². The van der Waals surface area contributed by atoms with Crippen molar-refractivity contribution in [2.45, 2.75) is 70.5 Å². The minimum Gasteiger partial charge on any atom is -0.390 e. The Hall–Kier alpha value is -0.0800. The average molecular weight is 226 g/mol. The Kier molecular flexibility index (Phi) is 4.66. The van der Waals surface area contributed by atoms with Gasteiger partial charge in [0.2, 0.25) is 0 Å². The van der Waals surface area contributed by atoms with Crippen LogP contribution in [0.25, 0.3) is 0 Å². The van der Waals surface area contributed by atoms with Crippen molar-refractivity contribution < 1.29 is 9.84 Å². The van der Waals surface area contributed by atoms with Gasteiger partial charge in [0.1, 0.15) is 0 Å². The van der Waals surface area contributed by atoms with E-state index in [9.17, 15) is 5.11 Å². The van der Waals surface area contributed by atoms with E-state index < -0.39 is 0 Å². The molecule has 2 saturated carbocycles. The van der Waals surface area contributed by atoms with Crippen LogP contribution in [0.1, 0.15) is 58.3 Å². The minimum absolute atomic E-state index is 0.133. The topological polar surface area (TPSA) is 29.5 Å². The molecule has 0 aromatic rings. The van der Waals surface area contributed by atoms with Crippen molar-refractivity contribution >= 4 is 0 Å². The number of aliphatic hydroxyl groups is 1. The fraction of sp³-hybridized carbons (Fsp3) is 1.00. The number of rotatable bonds is 5. The zero-order valence-electron chi connectivity index (χ0n) is 10.5. The third-order valence-corrected chi connectivity index (χ3v) is 4.17. The van der Waals surface area contributed by atoms with Crippen LogP contribution in [0.5, 0.6) is 0 Å². The first-order valence-corrected chi connectivity index (χ1v) is 7.12. The standard InChI is InChI=1S/C14H26O2/c1-2-16-14(12-9-10-12)13(15)11-7-5-3-4-6-8-11/h11-15H,2-10H2,1H3. The van der Waals surface area contributed by atoms with Gasteiger partial charge in [-0.2, -0.15) is 0 Å². The van der Waals surface area contributed by atoms with E-state index in [4.69, 9.17) is 4.74 Å². The van der Waals surface area contributed by atoms with Gasteiger partial charge < -0.3 is 9.84 Å². The largest absolute Gasteiger partial charge is 0.390 e. The Morgan fingerprint density at radius 3 is 2.12 bits per heavy atom. The van der Waals surface area contributed by atoms with E-state index in [1.165, 1.54) is 51.4 Å². The molecule has 2 nitrogen and oxygen atoms in total. The van der Waals surface area contributed by atoms with Crippen LogP contribution in [0, 0.1) is 11.8 Å². The fourth-order valence-corrected chi connectivity index (χ4v) is 3.05. The summed E-state index contributed by atoms with van der Waals surface area (Å²) in [4.78, 5) is 0. The maximum absolute atomic E-state index is 10.5. The van der Waals surface area contributed by atoms with Crippen LogP contribution >= 0.6 is 0 Å². The molecular weight excluding hydrogens is 200 g/mol. The summed E-state index contributed by atoms with van der Waals surface area (Å²) in [6.45, 7) is 2.78. The average Bonchev–Trinajstić information content (AvgIpc) is 3.10. The molecule has 0 saturated heterocycles. The number of aliphatic hydroxyl groups excluding tert-OH is 1. The van der Waals surface area contributed by atoms with E-state index in [1.54, 1.807) is 0 Å². The predicted molar refractivity (Wildman–Crippen MR) is 65.3 cm³/mol. The van der Waals surface area contributed by atoms with Crippen LogP contribution in [0.2, 0.25) is 0 Å². The van der Waals surface area contributed by atoms with Crippen LogP contribution in [0.4, 0.5) is 0 Å². The summed E-state index contributed by atoms with van der Waals surface area (Å²) in [5, 5.41) is 10.5. The molecular formula is C14H26O2. The van der Waals surface area contributed by atoms with Crippen LogP contribution in [-0.4, -0.2) is 23.9 Å². The molecule has 2 unspecified atom stereocenters. The Morgan fingerprint density at radius 1 is 1.00 bits per heavy atom. The zero-order chi connectivity index (χ0) is 11.4. The molecule has 2 atom stereocenters. The fourth-order valence-electron chi connectivity index (χ4n) is 3.05. The molecule has 94 valence electrons. The van der Waals surface area contributed by atoms with Gasteiger partial charge in [0.25, 0.3) is 0 Å². The first-order chi connectivity index (χ1) is 7.83. The minimum atomic E-state index is -0.203. The third-order valence-electron chi connectivity index (χ3n) is 4.17. The van der Waals surface area contributed by atoms with Crippen molar-refractivity contribution in [3.8, 4) is 0 Å². The zero-order valence-corrected chi connectivity index (χ0v) is 10.5. The van der Waals surface area contributed by atoms with E-state index in [0.717, 1.165) is 6.61 Å². The second kappa shape index (κ2) is 6.02. The lowest BCUT2D eigenvalue weighted by molar-refractivity contribution is -0.0716. The van der Waals surface area contributed by atoms with E-state index >= 15 is 0 Å². The summed E-state index contributed by atoms with van der Waals surface area (Å²) in [6, 6.07) is 0. The van der Waals surface area contributed by atoms with Crippen LogP contribution < -0.4 is 0 Å². The summed E-state index contributed by atoms with van der Waals surface area (Å²) in [6.07, 6.45) is 10.2. The first kappa shape index (κ1) is 12.4. The van der Waals surface area contributed by atoms with Crippen molar-refractivity contribution in [2.24, 2.45) is 11.8 Å². The predicted octanol–water partition coefficient (Wildman–Crippen LogP) is 3.13. The third kappa shape index (κ3) is 3.21. The molecule has 0 spiro atoms. The van der Waals surface area contributed by atoms with Gasteiger partial charge in [-0.1, -0.05) is 25.7 Å². The molecule has 2 heteroatoms. The summed E-state index contributed by atoms with van der Waals surface area (Å²) in [7, 11) is 0. The SMILES string of the molecule is CCOC(C1CC1)C(O)C1CCCCCC1. The van der Waals surface area contributed by atoms with Gasteiger partial charge in [0.15, 0.2) is 0 Å². The number of ether oxygens (including phenoxy) is 1. The molecule has 2 aliphatic rings. The molecule has 0 aromatic carbocycles. The van der Waals surface area contributed by atoms with Crippen molar-refractivity contribution in [1.82, 2.24) is 0 Å². The Balaban J connectivity index is 1.88. The lowest BCUT2D eigenvalue weighted by Gasteiger charge is -2.29. The quantitative estimate of drug-likeness (QED) is 0.730. The van der Waals surface area contributed by atoms with Crippen molar-refractivity contribution in [2.75, 3.05) is 6.61 Å². The highest BCUT2D eigenvalue weighted by atomic mass is 16.5. The van der Waals surface area contributed by atoms with E-state index in [1.807, 2.05) is 6.92 Å². The smallest absolute Gasteiger partial charge is 0.0864 e. The molecule has 0 bridgehead atoms. The Bertz CT molecular complexity index is 193. The molecule has 0 radical (unpaired) electrons. The van der Waals surface area contributed by atoms with Gasteiger partial charge in [-0.3, -0.25) is 0 Å². The number of hydrogen-bond acceptors (Lipinski definition) is 2. The highest BCUT2D eigenvalue weighted by molar-refractivity contribution is 4.90. The Labute approximate surface area is 99.4 Å². The van der Waals surface area contributed by atoms with Gasteiger partial charge in [-0.15, -0.1) is 0 Å². The van der Waals surface area contributed by atoms with Gasteiger partial charge in [-0.25, -0.2) is 0 Å². The lowest BCUT2D eigenvalue weighted by atomic mass is 9.89. The normalized spacial score (nSPS) is 27.4. The molecule has 0 aliphatic heterocycles. The molecule has 16 heavy (non-hydrogen) atoms. The maximum Gasteiger partial charge on any atom is 0.0864 e. The summed E-state index contributed by atoms with van der Waals surface area (Å²) in [5.74, 6) is 1.15. The molecule has 0 aromatic heterocycles.